The summed E-state index contributed by atoms with van der Waals surface area (Å²) in [5.74, 6) is 1.35. The summed E-state index contributed by atoms with van der Waals surface area (Å²) >= 11 is 6.26. The Morgan fingerprint density at radius 2 is 2.38 bits per heavy atom. The minimum absolute atomic E-state index is 0.546. The Kier molecular flexibility index (Phi) is 2.04. The normalized spacial score (nSPS) is 12.6. The number of rotatable bonds is 1. The third kappa shape index (κ3) is 1.20. The highest BCUT2D eigenvalue weighted by Gasteiger charge is 2.24. The molecule has 1 aliphatic heterocycles. The van der Waals surface area contributed by atoms with Crippen LogP contribution >= 0.6 is 11.6 Å². The molecule has 2 aromatic rings. The molecule has 1 N–H and O–H groups in total. The average Bonchev–Trinajstić information content (AvgIpc) is 2.77. The van der Waals surface area contributed by atoms with Gasteiger partial charge in [-0.15, -0.1) is 0 Å². The van der Waals surface area contributed by atoms with E-state index < -0.39 is 0 Å². The van der Waals surface area contributed by atoms with E-state index in [1.54, 1.807) is 13.3 Å². The van der Waals surface area contributed by atoms with Crippen LogP contribution in [0.5, 0.6) is 5.75 Å². The van der Waals surface area contributed by atoms with Gasteiger partial charge in [0.05, 0.1) is 23.9 Å². The molecule has 0 spiro atoms. The number of methoxy groups -OCH3 is 1. The van der Waals surface area contributed by atoms with Crippen molar-refractivity contribution in [2.45, 2.75) is 6.54 Å². The first-order valence-electron chi connectivity index (χ1n) is 4.85. The van der Waals surface area contributed by atoms with E-state index >= 15 is 0 Å². The van der Waals surface area contributed by atoms with Crippen LogP contribution in [0.1, 0.15) is 5.56 Å². The molecule has 0 amide bonds. The van der Waals surface area contributed by atoms with Crippen molar-refractivity contribution in [2.24, 2.45) is 0 Å². The molecule has 5 heteroatoms. The summed E-state index contributed by atoms with van der Waals surface area (Å²) in [6, 6.07) is 3.75. The lowest BCUT2D eigenvalue weighted by atomic mass is 10.0. The lowest BCUT2D eigenvalue weighted by Crippen LogP contribution is -2.07. The number of hydrogen-bond acceptors (Lipinski definition) is 4. The molecule has 16 heavy (non-hydrogen) atoms. The van der Waals surface area contributed by atoms with Gasteiger partial charge in [-0.3, -0.25) is 0 Å². The Balaban J connectivity index is 2.29. The zero-order valence-electron chi connectivity index (χ0n) is 8.58. The first-order chi connectivity index (χ1) is 7.81. The van der Waals surface area contributed by atoms with Crippen LogP contribution in [0, 0.1) is 0 Å². The Labute approximate surface area is 97.1 Å². The molecule has 0 saturated heterocycles. The van der Waals surface area contributed by atoms with Gasteiger partial charge in [0.2, 0.25) is 0 Å². The molecule has 4 nitrogen and oxygen atoms in total. The lowest BCUT2D eigenvalue weighted by molar-refractivity contribution is 0.413. The van der Waals surface area contributed by atoms with E-state index in [0.29, 0.717) is 17.3 Å². The lowest BCUT2D eigenvalue weighted by Gasteiger charge is -2.18. The van der Waals surface area contributed by atoms with Crippen LogP contribution < -0.4 is 10.1 Å². The van der Waals surface area contributed by atoms with Gasteiger partial charge in [0.25, 0.3) is 0 Å². The molecule has 0 fully saturated rings. The molecule has 0 aliphatic carbocycles. The SMILES string of the molecule is COc1ccc2c(c1Cl)-c1oncc1CN2. The van der Waals surface area contributed by atoms with E-state index in [2.05, 4.69) is 10.5 Å². The summed E-state index contributed by atoms with van der Waals surface area (Å²) in [6.45, 7) is 0.703. The largest absolute Gasteiger partial charge is 0.495 e. The van der Waals surface area contributed by atoms with Crippen LogP contribution in [0.2, 0.25) is 5.02 Å². The van der Waals surface area contributed by atoms with Crippen molar-refractivity contribution in [3.05, 3.63) is 28.9 Å². The van der Waals surface area contributed by atoms with Crippen molar-refractivity contribution >= 4 is 17.3 Å². The van der Waals surface area contributed by atoms with Crippen LogP contribution in [0.4, 0.5) is 5.69 Å². The van der Waals surface area contributed by atoms with Gasteiger partial charge in [0.1, 0.15) is 5.75 Å². The fourth-order valence-corrected chi connectivity index (χ4v) is 2.19. The molecule has 0 atom stereocenters. The first kappa shape index (κ1) is 9.54. The van der Waals surface area contributed by atoms with E-state index in [0.717, 1.165) is 22.6 Å². The summed E-state index contributed by atoms with van der Waals surface area (Å²) in [7, 11) is 1.59. The maximum absolute atomic E-state index is 6.26. The van der Waals surface area contributed by atoms with Gasteiger partial charge >= 0.3 is 0 Å². The van der Waals surface area contributed by atoms with Gasteiger partial charge in [-0.1, -0.05) is 16.8 Å². The van der Waals surface area contributed by atoms with Crippen LogP contribution in [-0.4, -0.2) is 12.3 Å². The van der Waals surface area contributed by atoms with Crippen molar-refractivity contribution in [3.8, 4) is 17.1 Å². The number of nitrogens with zero attached hydrogens (tertiary/aromatic N) is 1. The second-order valence-corrected chi connectivity index (χ2v) is 3.92. The van der Waals surface area contributed by atoms with Gasteiger partial charge in [-0.05, 0) is 12.1 Å². The topological polar surface area (TPSA) is 47.3 Å². The van der Waals surface area contributed by atoms with E-state index in [-0.39, 0.29) is 0 Å². The Hall–Kier alpha value is -1.68. The van der Waals surface area contributed by atoms with Gasteiger partial charge in [0, 0.05) is 17.8 Å². The molecule has 0 bridgehead atoms. The Morgan fingerprint density at radius 1 is 1.50 bits per heavy atom. The maximum atomic E-state index is 6.26. The number of fused-ring (bicyclic) bond motifs is 3. The molecule has 1 aliphatic rings. The highest BCUT2D eigenvalue weighted by Crippen LogP contribution is 2.44. The Morgan fingerprint density at radius 3 is 3.19 bits per heavy atom. The average molecular weight is 237 g/mol. The van der Waals surface area contributed by atoms with Crippen molar-refractivity contribution in [1.29, 1.82) is 0 Å². The van der Waals surface area contributed by atoms with E-state index in [1.807, 2.05) is 12.1 Å². The molecule has 82 valence electrons. The molecule has 2 heterocycles. The van der Waals surface area contributed by atoms with Crippen molar-refractivity contribution in [3.63, 3.8) is 0 Å². The van der Waals surface area contributed by atoms with E-state index in [4.69, 9.17) is 20.9 Å². The molecule has 0 unspecified atom stereocenters. The molecular formula is C11H9ClN2O2. The van der Waals surface area contributed by atoms with Crippen LogP contribution in [0.25, 0.3) is 11.3 Å². The highest BCUT2D eigenvalue weighted by atomic mass is 35.5. The molecule has 1 aromatic carbocycles. The van der Waals surface area contributed by atoms with Crippen molar-refractivity contribution in [2.75, 3.05) is 12.4 Å². The smallest absolute Gasteiger partial charge is 0.175 e. The summed E-state index contributed by atoms with van der Waals surface area (Å²) in [6.07, 6.45) is 1.70. The van der Waals surface area contributed by atoms with Gasteiger partial charge in [0.15, 0.2) is 5.76 Å². The molecule has 1 aromatic heterocycles. The first-order valence-corrected chi connectivity index (χ1v) is 5.23. The van der Waals surface area contributed by atoms with Gasteiger partial charge in [-0.2, -0.15) is 0 Å². The molecule has 3 rings (SSSR count). The number of hydrogen-bond donors (Lipinski definition) is 1. The molecule has 0 radical (unpaired) electrons. The zero-order chi connectivity index (χ0) is 11.1. The van der Waals surface area contributed by atoms with Crippen LogP contribution in [0.3, 0.4) is 0 Å². The standard InChI is InChI=1S/C11H9ClN2O2/c1-15-8-3-2-7-9(10(8)12)11-6(4-13-7)5-14-16-11/h2-3,5,13H,4H2,1H3. The predicted octanol–water partition coefficient (Wildman–Crippen LogP) is 2.93. The predicted molar refractivity (Wildman–Crippen MR) is 60.8 cm³/mol. The number of aromatic nitrogens is 1. The van der Waals surface area contributed by atoms with E-state index in [9.17, 15) is 0 Å². The summed E-state index contributed by atoms with van der Waals surface area (Å²) in [5, 5.41) is 7.59. The number of benzene rings is 1. The summed E-state index contributed by atoms with van der Waals surface area (Å²) in [5.41, 5.74) is 2.76. The second kappa shape index (κ2) is 3.42. The minimum atomic E-state index is 0.546. The fraction of sp³-hybridized carbons (Fsp3) is 0.182. The van der Waals surface area contributed by atoms with Crippen molar-refractivity contribution < 1.29 is 9.26 Å². The van der Waals surface area contributed by atoms with Crippen LogP contribution in [0.15, 0.2) is 22.9 Å². The minimum Gasteiger partial charge on any atom is -0.495 e. The number of halogens is 1. The fourth-order valence-electron chi connectivity index (χ4n) is 1.87. The quantitative estimate of drug-likeness (QED) is 0.827. The number of nitrogens with one attached hydrogen (secondary N) is 1. The summed E-state index contributed by atoms with van der Waals surface area (Å²) < 4.78 is 10.4. The third-order valence-corrected chi connectivity index (χ3v) is 3.04. The third-order valence-electron chi connectivity index (χ3n) is 2.67. The monoisotopic (exact) mass is 236 g/mol. The Bertz CT molecular complexity index is 551. The highest BCUT2D eigenvalue weighted by molar-refractivity contribution is 6.35. The zero-order valence-corrected chi connectivity index (χ0v) is 9.34. The van der Waals surface area contributed by atoms with Gasteiger partial charge in [-0.25, -0.2) is 0 Å². The van der Waals surface area contributed by atoms with Gasteiger partial charge < -0.3 is 14.6 Å². The number of anilines is 1. The van der Waals surface area contributed by atoms with E-state index in [1.165, 1.54) is 0 Å². The molecule has 0 saturated carbocycles. The summed E-state index contributed by atoms with van der Waals surface area (Å²) in [4.78, 5) is 0. The maximum Gasteiger partial charge on any atom is 0.175 e. The number of ether oxygens (including phenoxy) is 1. The van der Waals surface area contributed by atoms with Crippen molar-refractivity contribution in [1.82, 2.24) is 5.16 Å². The molecular weight excluding hydrogens is 228 g/mol. The van der Waals surface area contributed by atoms with Crippen LogP contribution in [-0.2, 0) is 6.54 Å². The second-order valence-electron chi connectivity index (χ2n) is 3.54.